The zero-order chi connectivity index (χ0) is 13.7. The molecule has 0 N–H and O–H groups in total. The van der Waals surface area contributed by atoms with Gasteiger partial charge in [-0.1, -0.05) is 57.9 Å². The molecular weight excluding hydrogens is 247 g/mol. The largest absolute Gasteiger partial charge is 0.353 e. The maximum atomic E-state index is 11.7. The topological polar surface area (TPSA) is 35.5 Å². The second-order valence-electron chi connectivity index (χ2n) is 4.55. The highest BCUT2D eigenvalue weighted by Crippen LogP contribution is 2.47. The molecule has 0 aliphatic carbocycles. The van der Waals surface area contributed by atoms with E-state index in [4.69, 9.17) is 9.05 Å². The zero-order valence-electron chi connectivity index (χ0n) is 12.2. The Bertz CT molecular complexity index is 243. The van der Waals surface area contributed by atoms with Crippen LogP contribution in [-0.4, -0.2) is 14.2 Å². The maximum absolute atomic E-state index is 11.7. The van der Waals surface area contributed by atoms with Crippen LogP contribution in [0.1, 0.15) is 64.7 Å². The van der Waals surface area contributed by atoms with E-state index in [-0.39, 0.29) is 0 Å². The molecule has 4 heteroatoms. The number of rotatable bonds is 12. The molecule has 0 rings (SSSR count). The van der Waals surface area contributed by atoms with Crippen molar-refractivity contribution in [2.75, 3.05) is 14.2 Å². The molecule has 0 unspecified atom stereocenters. The van der Waals surface area contributed by atoms with Gasteiger partial charge in [0.15, 0.2) is 0 Å². The van der Waals surface area contributed by atoms with E-state index in [1.165, 1.54) is 59.2 Å². The van der Waals surface area contributed by atoms with Crippen LogP contribution >= 0.6 is 7.60 Å². The summed E-state index contributed by atoms with van der Waals surface area (Å²) < 4.78 is 21.3. The lowest BCUT2D eigenvalue weighted by Gasteiger charge is -2.07. The molecule has 0 aromatic rings. The average molecular weight is 276 g/mol. The van der Waals surface area contributed by atoms with Gasteiger partial charge in [-0.3, -0.25) is 4.57 Å². The van der Waals surface area contributed by atoms with Crippen LogP contribution in [0.5, 0.6) is 0 Å². The first-order valence-electron chi connectivity index (χ1n) is 7.07. The Morgan fingerprint density at radius 2 is 1.39 bits per heavy atom. The average Bonchev–Trinajstić information content (AvgIpc) is 2.40. The Morgan fingerprint density at radius 3 is 1.89 bits per heavy atom. The van der Waals surface area contributed by atoms with Gasteiger partial charge in [0.25, 0.3) is 0 Å². The van der Waals surface area contributed by atoms with Crippen LogP contribution in [0.4, 0.5) is 0 Å². The quantitative estimate of drug-likeness (QED) is 0.348. The summed E-state index contributed by atoms with van der Waals surface area (Å²) in [5.74, 6) is 1.56. The van der Waals surface area contributed by atoms with Gasteiger partial charge in [-0.25, -0.2) is 0 Å². The highest BCUT2D eigenvalue weighted by molar-refractivity contribution is 7.57. The summed E-state index contributed by atoms with van der Waals surface area (Å²) in [4.78, 5) is 0. The van der Waals surface area contributed by atoms with Crippen molar-refractivity contribution >= 4 is 7.60 Å². The Labute approximate surface area is 112 Å². The number of hydrogen-bond donors (Lipinski definition) is 0. The smallest absolute Gasteiger partial charge is 0.309 e. The van der Waals surface area contributed by atoms with Crippen molar-refractivity contribution in [3.05, 3.63) is 11.9 Å². The molecule has 0 saturated heterocycles. The van der Waals surface area contributed by atoms with Crippen molar-refractivity contribution in [3.8, 4) is 0 Å². The van der Waals surface area contributed by atoms with E-state index in [0.717, 1.165) is 12.8 Å². The molecule has 3 nitrogen and oxygen atoms in total. The normalized spacial score (nSPS) is 12.4. The van der Waals surface area contributed by atoms with Crippen molar-refractivity contribution in [3.63, 3.8) is 0 Å². The standard InChI is InChI=1S/C14H29O3P/c1-4-5-6-7-8-9-10-11-12-13-14-18(15,16-2)17-3/h13-14H,4-12H2,1-3H3. The summed E-state index contributed by atoms with van der Waals surface area (Å²) in [5.41, 5.74) is 0. The third-order valence-corrected chi connectivity index (χ3v) is 4.62. The van der Waals surface area contributed by atoms with Crippen LogP contribution in [-0.2, 0) is 13.6 Å². The van der Waals surface area contributed by atoms with Gasteiger partial charge in [-0.15, -0.1) is 0 Å². The maximum Gasteiger partial charge on any atom is 0.353 e. The highest BCUT2D eigenvalue weighted by Gasteiger charge is 2.14. The van der Waals surface area contributed by atoms with E-state index in [1.54, 1.807) is 5.82 Å². The Morgan fingerprint density at radius 1 is 0.889 bits per heavy atom. The van der Waals surface area contributed by atoms with Gasteiger partial charge < -0.3 is 9.05 Å². The van der Waals surface area contributed by atoms with E-state index in [0.29, 0.717) is 0 Å². The number of unbranched alkanes of at least 4 members (excludes halogenated alkanes) is 8. The van der Waals surface area contributed by atoms with Crippen molar-refractivity contribution < 1.29 is 13.6 Å². The first kappa shape index (κ1) is 17.9. The van der Waals surface area contributed by atoms with Crippen LogP contribution in [0.2, 0.25) is 0 Å². The Hall–Kier alpha value is -0.110. The lowest BCUT2D eigenvalue weighted by atomic mass is 10.1. The molecule has 0 bridgehead atoms. The molecule has 18 heavy (non-hydrogen) atoms. The molecule has 0 atom stereocenters. The monoisotopic (exact) mass is 276 g/mol. The summed E-state index contributed by atoms with van der Waals surface area (Å²) >= 11 is 0. The van der Waals surface area contributed by atoms with Crippen molar-refractivity contribution in [2.45, 2.75) is 64.7 Å². The molecule has 0 aliphatic rings. The molecule has 0 fully saturated rings. The van der Waals surface area contributed by atoms with E-state index in [1.807, 2.05) is 6.08 Å². The second-order valence-corrected chi connectivity index (χ2v) is 6.66. The summed E-state index contributed by atoms with van der Waals surface area (Å²) in [7, 11) is -0.120. The molecule has 0 radical (unpaired) electrons. The van der Waals surface area contributed by atoms with E-state index < -0.39 is 7.60 Å². The molecule has 0 aromatic heterocycles. The van der Waals surface area contributed by atoms with Gasteiger partial charge >= 0.3 is 7.60 Å². The first-order valence-corrected chi connectivity index (χ1v) is 8.68. The van der Waals surface area contributed by atoms with E-state index in [2.05, 4.69) is 6.92 Å². The zero-order valence-corrected chi connectivity index (χ0v) is 13.1. The van der Waals surface area contributed by atoms with Crippen LogP contribution in [0.25, 0.3) is 0 Å². The summed E-state index contributed by atoms with van der Waals surface area (Å²) in [6.45, 7) is 2.24. The molecule has 0 aliphatic heterocycles. The Balaban J connectivity index is 3.40. The van der Waals surface area contributed by atoms with Crippen molar-refractivity contribution in [1.29, 1.82) is 0 Å². The SMILES string of the molecule is CCCCCCCCCCC=CP(=O)(OC)OC. The molecule has 0 aromatic carbocycles. The molecule has 0 spiro atoms. The summed E-state index contributed by atoms with van der Waals surface area (Å²) in [6, 6.07) is 0. The third kappa shape index (κ3) is 9.87. The molecule has 0 saturated carbocycles. The van der Waals surface area contributed by atoms with Crippen LogP contribution in [0.15, 0.2) is 11.9 Å². The molecule has 108 valence electrons. The fraction of sp³-hybridized carbons (Fsp3) is 0.857. The van der Waals surface area contributed by atoms with Gasteiger partial charge in [0.05, 0.1) is 0 Å². The predicted molar refractivity (Wildman–Crippen MR) is 78.0 cm³/mol. The number of hydrogen-bond acceptors (Lipinski definition) is 3. The number of allylic oxidation sites excluding steroid dienone is 1. The second kappa shape index (κ2) is 12.0. The Kier molecular flexibility index (Phi) is 11.9. The highest BCUT2D eigenvalue weighted by atomic mass is 31.2. The molecule has 0 amide bonds. The first-order chi connectivity index (χ1) is 8.68. The third-order valence-electron chi connectivity index (χ3n) is 3.02. The summed E-state index contributed by atoms with van der Waals surface area (Å²) in [6.07, 6.45) is 13.3. The van der Waals surface area contributed by atoms with Crippen LogP contribution < -0.4 is 0 Å². The fourth-order valence-electron chi connectivity index (χ4n) is 1.80. The van der Waals surface area contributed by atoms with Gasteiger partial charge in [0.1, 0.15) is 0 Å². The van der Waals surface area contributed by atoms with Crippen LogP contribution in [0, 0.1) is 0 Å². The minimum atomic E-state index is -2.94. The minimum absolute atomic E-state index is 0.950. The van der Waals surface area contributed by atoms with Gasteiger partial charge in [-0.2, -0.15) is 0 Å². The summed E-state index contributed by atoms with van der Waals surface area (Å²) in [5, 5.41) is 0. The predicted octanol–water partition coefficient (Wildman–Crippen LogP) is 5.52. The fourth-order valence-corrected chi connectivity index (χ4v) is 2.60. The van der Waals surface area contributed by atoms with Gasteiger partial charge in [0.2, 0.25) is 0 Å². The minimum Gasteiger partial charge on any atom is -0.309 e. The van der Waals surface area contributed by atoms with Gasteiger partial charge in [0, 0.05) is 20.0 Å². The molecule has 0 heterocycles. The lowest BCUT2D eigenvalue weighted by Crippen LogP contribution is -1.83. The molecular formula is C14H29O3P. The van der Waals surface area contributed by atoms with E-state index in [9.17, 15) is 4.57 Å². The van der Waals surface area contributed by atoms with Crippen LogP contribution in [0.3, 0.4) is 0 Å². The van der Waals surface area contributed by atoms with Crippen molar-refractivity contribution in [2.24, 2.45) is 0 Å². The van der Waals surface area contributed by atoms with E-state index >= 15 is 0 Å². The lowest BCUT2D eigenvalue weighted by molar-refractivity contribution is 0.286. The van der Waals surface area contributed by atoms with Crippen molar-refractivity contribution in [1.82, 2.24) is 0 Å². The van der Waals surface area contributed by atoms with Gasteiger partial charge in [-0.05, 0) is 12.8 Å².